The molecule has 1 atom stereocenters. The van der Waals surface area contributed by atoms with E-state index in [1.807, 2.05) is 36.7 Å². The first-order chi connectivity index (χ1) is 10.1. The van der Waals surface area contributed by atoms with E-state index < -0.39 is 0 Å². The van der Waals surface area contributed by atoms with Gasteiger partial charge in [-0.1, -0.05) is 18.5 Å². The average molecular weight is 304 g/mol. The van der Waals surface area contributed by atoms with Gasteiger partial charge in [-0.15, -0.1) is 0 Å². The Morgan fingerprint density at radius 3 is 2.62 bits per heavy atom. The van der Waals surface area contributed by atoms with Crippen LogP contribution in [-0.2, 0) is 13.0 Å². The molecular formula is C17H22ClN3. The number of nitrogens with two attached hydrogens (primary N) is 1. The van der Waals surface area contributed by atoms with Crippen molar-refractivity contribution in [1.82, 2.24) is 4.98 Å². The summed E-state index contributed by atoms with van der Waals surface area (Å²) in [5.74, 6) is 0. The molecule has 0 aliphatic carbocycles. The molecular weight excluding hydrogens is 282 g/mol. The van der Waals surface area contributed by atoms with Gasteiger partial charge in [0, 0.05) is 42.7 Å². The highest BCUT2D eigenvalue weighted by Gasteiger charge is 2.11. The second-order valence-corrected chi connectivity index (χ2v) is 5.79. The van der Waals surface area contributed by atoms with E-state index >= 15 is 0 Å². The van der Waals surface area contributed by atoms with Gasteiger partial charge in [0.1, 0.15) is 0 Å². The lowest BCUT2D eigenvalue weighted by Gasteiger charge is -2.24. The van der Waals surface area contributed by atoms with Crippen LogP contribution in [0.15, 0.2) is 42.7 Å². The zero-order chi connectivity index (χ0) is 15.2. The van der Waals surface area contributed by atoms with Crippen molar-refractivity contribution in [2.45, 2.75) is 32.4 Å². The summed E-state index contributed by atoms with van der Waals surface area (Å²) >= 11 is 6.14. The lowest BCUT2D eigenvalue weighted by atomic mass is 10.0. The maximum absolute atomic E-state index is 6.14. The van der Waals surface area contributed by atoms with Crippen molar-refractivity contribution in [2.24, 2.45) is 5.73 Å². The number of anilines is 1. The standard InChI is InChI=1S/C17H22ClN3/c1-3-16(19)11-14-10-15(18)4-5-17(14)21(2)12-13-6-8-20-9-7-13/h4-10,16H,3,11-12,19H2,1-2H3. The Bertz CT molecular complexity index is 572. The number of benzene rings is 1. The quantitative estimate of drug-likeness (QED) is 0.885. The maximum atomic E-state index is 6.14. The maximum Gasteiger partial charge on any atom is 0.0427 e. The predicted octanol–water partition coefficient (Wildman–Crippen LogP) is 3.65. The Kier molecular flexibility index (Phi) is 5.59. The van der Waals surface area contributed by atoms with Crippen LogP contribution in [0.5, 0.6) is 0 Å². The van der Waals surface area contributed by atoms with Crippen LogP contribution in [0.3, 0.4) is 0 Å². The Hall–Kier alpha value is -1.58. The normalized spacial score (nSPS) is 12.2. The lowest BCUT2D eigenvalue weighted by molar-refractivity contribution is 0.645. The van der Waals surface area contributed by atoms with Crippen molar-refractivity contribution in [3.8, 4) is 0 Å². The van der Waals surface area contributed by atoms with E-state index in [4.69, 9.17) is 17.3 Å². The molecule has 2 N–H and O–H groups in total. The number of aromatic nitrogens is 1. The molecule has 1 heterocycles. The monoisotopic (exact) mass is 303 g/mol. The first-order valence-electron chi connectivity index (χ1n) is 7.24. The van der Waals surface area contributed by atoms with Gasteiger partial charge < -0.3 is 10.6 Å². The zero-order valence-corrected chi connectivity index (χ0v) is 13.3. The van der Waals surface area contributed by atoms with Crippen molar-refractivity contribution in [3.63, 3.8) is 0 Å². The van der Waals surface area contributed by atoms with Crippen molar-refractivity contribution in [1.29, 1.82) is 0 Å². The van der Waals surface area contributed by atoms with Crippen molar-refractivity contribution in [3.05, 3.63) is 58.9 Å². The number of halogens is 1. The topological polar surface area (TPSA) is 42.1 Å². The van der Waals surface area contributed by atoms with Crippen LogP contribution >= 0.6 is 11.6 Å². The molecule has 1 aromatic carbocycles. The zero-order valence-electron chi connectivity index (χ0n) is 12.6. The molecule has 112 valence electrons. The van der Waals surface area contributed by atoms with Crippen LogP contribution in [0.25, 0.3) is 0 Å². The van der Waals surface area contributed by atoms with E-state index in [2.05, 4.69) is 29.9 Å². The van der Waals surface area contributed by atoms with Gasteiger partial charge in [0.15, 0.2) is 0 Å². The molecule has 0 radical (unpaired) electrons. The summed E-state index contributed by atoms with van der Waals surface area (Å²) in [6, 6.07) is 10.3. The number of hydrogen-bond acceptors (Lipinski definition) is 3. The van der Waals surface area contributed by atoms with E-state index in [1.54, 1.807) is 0 Å². The number of nitrogens with zero attached hydrogens (tertiary/aromatic N) is 2. The first kappa shape index (κ1) is 15.8. The third-order valence-electron chi connectivity index (χ3n) is 3.63. The van der Waals surface area contributed by atoms with Gasteiger partial charge in [0.05, 0.1) is 0 Å². The van der Waals surface area contributed by atoms with Gasteiger partial charge in [0.25, 0.3) is 0 Å². The Morgan fingerprint density at radius 1 is 1.24 bits per heavy atom. The fourth-order valence-electron chi connectivity index (χ4n) is 2.36. The fourth-order valence-corrected chi connectivity index (χ4v) is 2.56. The third-order valence-corrected chi connectivity index (χ3v) is 3.86. The van der Waals surface area contributed by atoms with E-state index in [0.717, 1.165) is 24.4 Å². The SMILES string of the molecule is CCC(N)Cc1cc(Cl)ccc1N(C)Cc1ccncc1. The van der Waals surface area contributed by atoms with Crippen LogP contribution in [0.1, 0.15) is 24.5 Å². The highest BCUT2D eigenvalue weighted by Crippen LogP contribution is 2.26. The summed E-state index contributed by atoms with van der Waals surface area (Å²) in [6.07, 6.45) is 5.44. The summed E-state index contributed by atoms with van der Waals surface area (Å²) < 4.78 is 0. The molecule has 0 saturated carbocycles. The summed E-state index contributed by atoms with van der Waals surface area (Å²) in [7, 11) is 2.09. The summed E-state index contributed by atoms with van der Waals surface area (Å²) in [4.78, 5) is 6.28. The number of hydrogen-bond donors (Lipinski definition) is 1. The fraction of sp³-hybridized carbons (Fsp3) is 0.353. The van der Waals surface area contributed by atoms with E-state index in [0.29, 0.717) is 0 Å². The smallest absolute Gasteiger partial charge is 0.0427 e. The summed E-state index contributed by atoms with van der Waals surface area (Å²) in [5.41, 5.74) is 9.72. The molecule has 0 bridgehead atoms. The van der Waals surface area contributed by atoms with Gasteiger partial charge >= 0.3 is 0 Å². The minimum atomic E-state index is 0.163. The predicted molar refractivity (Wildman–Crippen MR) is 89.8 cm³/mol. The first-order valence-corrected chi connectivity index (χ1v) is 7.62. The van der Waals surface area contributed by atoms with E-state index in [-0.39, 0.29) is 6.04 Å². The van der Waals surface area contributed by atoms with Gasteiger partial charge in [-0.2, -0.15) is 0 Å². The Balaban J connectivity index is 2.21. The molecule has 2 aromatic rings. The molecule has 0 saturated heterocycles. The molecule has 3 nitrogen and oxygen atoms in total. The lowest BCUT2D eigenvalue weighted by Crippen LogP contribution is -2.24. The van der Waals surface area contributed by atoms with Crippen LogP contribution < -0.4 is 10.6 Å². The van der Waals surface area contributed by atoms with Crippen LogP contribution in [0.4, 0.5) is 5.69 Å². The molecule has 2 rings (SSSR count). The van der Waals surface area contributed by atoms with Crippen LogP contribution in [0.2, 0.25) is 5.02 Å². The van der Waals surface area contributed by atoms with Crippen molar-refractivity contribution < 1.29 is 0 Å². The molecule has 4 heteroatoms. The molecule has 1 unspecified atom stereocenters. The Labute approximate surface area is 131 Å². The second kappa shape index (κ2) is 7.43. The molecule has 0 aliphatic heterocycles. The minimum Gasteiger partial charge on any atom is -0.370 e. The Morgan fingerprint density at radius 2 is 1.95 bits per heavy atom. The van der Waals surface area contributed by atoms with Gasteiger partial charge in [-0.25, -0.2) is 0 Å². The van der Waals surface area contributed by atoms with E-state index in [1.165, 1.54) is 16.8 Å². The highest BCUT2D eigenvalue weighted by molar-refractivity contribution is 6.30. The number of pyridine rings is 1. The average Bonchev–Trinajstić information content (AvgIpc) is 2.48. The minimum absolute atomic E-state index is 0.163. The van der Waals surface area contributed by atoms with Gasteiger partial charge in [-0.05, 0) is 54.3 Å². The molecule has 1 aromatic heterocycles. The largest absolute Gasteiger partial charge is 0.370 e. The second-order valence-electron chi connectivity index (χ2n) is 5.36. The van der Waals surface area contributed by atoms with Gasteiger partial charge in [-0.3, -0.25) is 4.98 Å². The molecule has 0 aliphatic rings. The van der Waals surface area contributed by atoms with Gasteiger partial charge in [0.2, 0.25) is 0 Å². The summed E-state index contributed by atoms with van der Waals surface area (Å²) in [6.45, 7) is 2.94. The number of rotatable bonds is 6. The van der Waals surface area contributed by atoms with Crippen molar-refractivity contribution >= 4 is 17.3 Å². The molecule has 0 fully saturated rings. The third kappa shape index (κ3) is 4.45. The van der Waals surface area contributed by atoms with E-state index in [9.17, 15) is 0 Å². The molecule has 21 heavy (non-hydrogen) atoms. The summed E-state index contributed by atoms with van der Waals surface area (Å²) in [5, 5.41) is 0.759. The van der Waals surface area contributed by atoms with Crippen LogP contribution in [0, 0.1) is 0 Å². The van der Waals surface area contributed by atoms with Crippen LogP contribution in [-0.4, -0.2) is 18.1 Å². The molecule has 0 amide bonds. The molecule has 0 spiro atoms. The highest BCUT2D eigenvalue weighted by atomic mass is 35.5. The van der Waals surface area contributed by atoms with Crippen molar-refractivity contribution in [2.75, 3.05) is 11.9 Å².